The molecule has 166 valence electrons. The van der Waals surface area contributed by atoms with Crippen molar-refractivity contribution >= 4 is 22.7 Å². The molecule has 2 aliphatic heterocycles. The number of rotatable bonds is 5. The molecule has 1 atom stereocenters. The Hall–Kier alpha value is -3.39. The number of aliphatic imine (C=N–C) groups is 1. The second kappa shape index (κ2) is 8.27. The normalized spacial score (nSPS) is 19.0. The molecule has 1 fully saturated rings. The van der Waals surface area contributed by atoms with Gasteiger partial charge in [0.25, 0.3) is 0 Å². The molecule has 5 rings (SSSR count). The Morgan fingerprint density at radius 1 is 1.28 bits per heavy atom. The number of imidazole rings is 1. The Labute approximate surface area is 187 Å². The summed E-state index contributed by atoms with van der Waals surface area (Å²) in [5, 5.41) is 7.58. The average Bonchev–Trinajstić information content (AvgIpc) is 3.36. The predicted octanol–water partition coefficient (Wildman–Crippen LogP) is 3.81. The lowest BCUT2D eigenvalue weighted by Crippen LogP contribution is -2.45. The highest BCUT2D eigenvalue weighted by molar-refractivity contribution is 6.02. The number of benzene rings is 1. The maximum Gasteiger partial charge on any atom is 0.207 e. The zero-order valence-electron chi connectivity index (χ0n) is 18.8. The summed E-state index contributed by atoms with van der Waals surface area (Å²) in [4.78, 5) is 12.0. The first-order chi connectivity index (χ1) is 15.6. The van der Waals surface area contributed by atoms with Crippen LogP contribution < -0.4 is 15.0 Å². The standard InChI is InChI=1S/C24H28N6O2/c1-5-7-18(26-6-2)20-14-31-23-17(21-15(3)28-32-16(21)4)8-9-19-22(23)30(20)24(27-19)29-12-10-25-11-13-29/h5-9,20,25H,2,10-14H2,1,3-4H3/b7-5-,26-18?/t20-/m1/s1. The molecule has 8 nitrogen and oxygen atoms in total. The van der Waals surface area contributed by atoms with Gasteiger partial charge in [0, 0.05) is 37.9 Å². The number of piperazine rings is 1. The van der Waals surface area contributed by atoms with Crippen molar-refractivity contribution < 1.29 is 9.26 Å². The van der Waals surface area contributed by atoms with Crippen LogP contribution in [0.5, 0.6) is 5.75 Å². The number of aryl methyl sites for hydroxylation is 2. The van der Waals surface area contributed by atoms with Crippen molar-refractivity contribution in [3.8, 4) is 16.9 Å². The fourth-order valence-corrected chi connectivity index (χ4v) is 4.71. The minimum Gasteiger partial charge on any atom is -0.488 e. The molecule has 1 N–H and O–H groups in total. The summed E-state index contributed by atoms with van der Waals surface area (Å²) in [6.45, 7) is 13.8. The van der Waals surface area contributed by atoms with Crippen molar-refractivity contribution in [2.45, 2.75) is 26.8 Å². The van der Waals surface area contributed by atoms with Gasteiger partial charge in [-0.1, -0.05) is 17.8 Å². The van der Waals surface area contributed by atoms with Crippen molar-refractivity contribution in [2.24, 2.45) is 4.99 Å². The summed E-state index contributed by atoms with van der Waals surface area (Å²) < 4.78 is 14.2. The topological polar surface area (TPSA) is 80.7 Å². The summed E-state index contributed by atoms with van der Waals surface area (Å²) in [6, 6.07) is 4.02. The highest BCUT2D eigenvalue weighted by Crippen LogP contribution is 2.45. The molecule has 32 heavy (non-hydrogen) atoms. The third-order valence-corrected chi connectivity index (χ3v) is 6.11. The van der Waals surface area contributed by atoms with Crippen molar-refractivity contribution in [1.29, 1.82) is 0 Å². The summed E-state index contributed by atoms with van der Waals surface area (Å²) in [5.41, 5.74) is 5.59. The van der Waals surface area contributed by atoms with Crippen LogP contribution in [0, 0.1) is 13.8 Å². The van der Waals surface area contributed by atoms with Crippen molar-refractivity contribution in [3.05, 3.63) is 48.5 Å². The molecule has 1 saturated heterocycles. The van der Waals surface area contributed by atoms with Crippen LogP contribution in [0.15, 0.2) is 46.6 Å². The number of nitrogens with one attached hydrogen (secondary N) is 1. The first kappa shape index (κ1) is 20.5. The number of nitrogens with zero attached hydrogens (tertiary/aromatic N) is 5. The maximum atomic E-state index is 6.44. The van der Waals surface area contributed by atoms with E-state index in [4.69, 9.17) is 14.2 Å². The SMILES string of the molecule is C=CN=C(/C=C\C)[C@H]1COc2c(-c3c(C)noc3C)ccc3nc(N4CCNCC4)n1c23. The van der Waals surface area contributed by atoms with Gasteiger partial charge >= 0.3 is 0 Å². The number of hydrogen-bond acceptors (Lipinski definition) is 7. The zero-order chi connectivity index (χ0) is 22.2. The van der Waals surface area contributed by atoms with E-state index in [1.54, 1.807) is 6.20 Å². The van der Waals surface area contributed by atoms with E-state index in [0.717, 1.165) is 77.2 Å². The Balaban J connectivity index is 1.78. The molecule has 2 aromatic heterocycles. The summed E-state index contributed by atoms with van der Waals surface area (Å²) in [6.07, 6.45) is 5.60. The van der Waals surface area contributed by atoms with Crippen LogP contribution >= 0.6 is 0 Å². The van der Waals surface area contributed by atoms with E-state index in [-0.39, 0.29) is 6.04 Å². The van der Waals surface area contributed by atoms with Gasteiger partial charge < -0.3 is 19.5 Å². The van der Waals surface area contributed by atoms with E-state index >= 15 is 0 Å². The third kappa shape index (κ3) is 3.22. The molecular formula is C24H28N6O2. The van der Waals surface area contributed by atoms with E-state index in [0.29, 0.717) is 6.61 Å². The smallest absolute Gasteiger partial charge is 0.207 e. The van der Waals surface area contributed by atoms with Gasteiger partial charge in [-0.2, -0.15) is 0 Å². The molecule has 4 heterocycles. The largest absolute Gasteiger partial charge is 0.488 e. The number of allylic oxidation sites excluding steroid dienone is 2. The highest BCUT2D eigenvalue weighted by atomic mass is 16.5. The van der Waals surface area contributed by atoms with Crippen LogP contribution in [0.1, 0.15) is 24.4 Å². The van der Waals surface area contributed by atoms with E-state index < -0.39 is 0 Å². The van der Waals surface area contributed by atoms with Crippen molar-refractivity contribution in [3.63, 3.8) is 0 Å². The maximum absolute atomic E-state index is 6.44. The van der Waals surface area contributed by atoms with E-state index in [1.165, 1.54) is 0 Å². The molecule has 0 bridgehead atoms. The first-order valence-corrected chi connectivity index (χ1v) is 11.0. The molecule has 0 spiro atoms. The second-order valence-electron chi connectivity index (χ2n) is 8.09. The fourth-order valence-electron chi connectivity index (χ4n) is 4.71. The van der Waals surface area contributed by atoms with Gasteiger partial charge in [0.05, 0.1) is 22.5 Å². The second-order valence-corrected chi connectivity index (χ2v) is 8.09. The van der Waals surface area contributed by atoms with Crippen molar-refractivity contribution in [1.82, 2.24) is 20.0 Å². The van der Waals surface area contributed by atoms with Gasteiger partial charge in [-0.15, -0.1) is 0 Å². The molecule has 1 aromatic carbocycles. The van der Waals surface area contributed by atoms with Gasteiger partial charge in [-0.25, -0.2) is 4.98 Å². The van der Waals surface area contributed by atoms with E-state index in [9.17, 15) is 0 Å². The molecule has 2 aliphatic rings. The molecule has 0 aliphatic carbocycles. The van der Waals surface area contributed by atoms with Gasteiger partial charge in [-0.3, -0.25) is 9.56 Å². The molecule has 0 saturated carbocycles. The van der Waals surface area contributed by atoms with Crippen LogP contribution in [-0.2, 0) is 0 Å². The average molecular weight is 433 g/mol. The third-order valence-electron chi connectivity index (χ3n) is 6.11. The molecule has 0 radical (unpaired) electrons. The zero-order valence-corrected chi connectivity index (χ0v) is 18.8. The number of anilines is 1. The summed E-state index contributed by atoms with van der Waals surface area (Å²) in [5.74, 6) is 2.55. The highest BCUT2D eigenvalue weighted by Gasteiger charge is 2.34. The Morgan fingerprint density at radius 3 is 2.78 bits per heavy atom. The van der Waals surface area contributed by atoms with Gasteiger partial charge in [-0.05, 0) is 39.0 Å². The number of aromatic nitrogens is 3. The fraction of sp³-hybridized carbons (Fsp3) is 0.375. The van der Waals surface area contributed by atoms with Crippen LogP contribution in [-0.4, -0.2) is 53.2 Å². The van der Waals surface area contributed by atoms with Crippen LogP contribution in [0.2, 0.25) is 0 Å². The van der Waals surface area contributed by atoms with Crippen LogP contribution in [0.3, 0.4) is 0 Å². The van der Waals surface area contributed by atoms with E-state index in [1.807, 2.05) is 32.9 Å². The monoisotopic (exact) mass is 432 g/mol. The Bertz CT molecular complexity index is 1210. The lowest BCUT2D eigenvalue weighted by atomic mass is 10.0. The lowest BCUT2D eigenvalue weighted by Gasteiger charge is -2.33. The Kier molecular flexibility index (Phi) is 5.30. The molecule has 0 unspecified atom stereocenters. The van der Waals surface area contributed by atoms with Gasteiger partial charge in [0.2, 0.25) is 5.95 Å². The quantitative estimate of drug-likeness (QED) is 0.618. The number of ether oxygens (including phenoxy) is 1. The molecule has 8 heteroatoms. The summed E-state index contributed by atoms with van der Waals surface area (Å²) in [7, 11) is 0. The first-order valence-electron chi connectivity index (χ1n) is 11.0. The molecular weight excluding hydrogens is 404 g/mol. The minimum absolute atomic E-state index is 0.105. The predicted molar refractivity (Wildman–Crippen MR) is 127 cm³/mol. The Morgan fingerprint density at radius 2 is 2.09 bits per heavy atom. The molecule has 0 amide bonds. The summed E-state index contributed by atoms with van der Waals surface area (Å²) >= 11 is 0. The van der Waals surface area contributed by atoms with Gasteiger partial charge in [0.1, 0.15) is 23.9 Å². The lowest BCUT2D eigenvalue weighted by molar-refractivity contribution is 0.273. The number of hydrogen-bond donors (Lipinski definition) is 1. The molecule has 3 aromatic rings. The van der Waals surface area contributed by atoms with Crippen molar-refractivity contribution in [2.75, 3.05) is 37.7 Å². The van der Waals surface area contributed by atoms with Crippen LogP contribution in [0.4, 0.5) is 5.95 Å². The van der Waals surface area contributed by atoms with Crippen LogP contribution in [0.25, 0.3) is 22.2 Å². The minimum atomic E-state index is -0.105. The van der Waals surface area contributed by atoms with Gasteiger partial charge in [0.15, 0.2) is 5.75 Å². The van der Waals surface area contributed by atoms with E-state index in [2.05, 4.69) is 43.6 Å².